The highest BCUT2D eigenvalue weighted by Crippen LogP contribution is 2.22. The van der Waals surface area contributed by atoms with Gasteiger partial charge in [-0.25, -0.2) is 0 Å². The van der Waals surface area contributed by atoms with Gasteiger partial charge in [0.1, 0.15) is 24.4 Å². The van der Waals surface area contributed by atoms with Crippen LogP contribution in [0.4, 0.5) is 0 Å². The average molecular weight is 482 g/mol. The fourth-order valence-electron chi connectivity index (χ4n) is 3.00. The molecule has 12 N–H and O–H groups in total. The van der Waals surface area contributed by atoms with E-state index in [2.05, 4.69) is 10.6 Å². The molecule has 0 aromatic rings. The molecule has 0 aliphatic carbocycles. The van der Waals surface area contributed by atoms with Gasteiger partial charge in [-0.3, -0.25) is 9.59 Å². The summed E-state index contributed by atoms with van der Waals surface area (Å²) in [5, 5.41) is 99.0. The summed E-state index contributed by atoms with van der Waals surface area (Å²) in [6.45, 7) is 3.97. The Morgan fingerprint density at radius 3 is 1.18 bits per heavy atom. The summed E-state index contributed by atoms with van der Waals surface area (Å²) in [4.78, 5) is 24.4. The highest BCUT2D eigenvalue weighted by Gasteiger charge is 2.35. The third kappa shape index (κ3) is 9.03. The maximum absolute atomic E-state index is 12.2. The van der Waals surface area contributed by atoms with Crippen LogP contribution in [0.2, 0.25) is 0 Å². The average Bonchev–Trinajstić information content (AvgIpc) is 2.72. The first-order valence-electron chi connectivity index (χ1n) is 9.74. The first-order valence-corrected chi connectivity index (χ1v) is 9.74. The zero-order valence-corrected chi connectivity index (χ0v) is 18.7. The highest BCUT2D eigenvalue weighted by molar-refractivity contribution is 5.92. The number of nitrogens with one attached hydrogen (secondary N) is 2. The molecule has 192 valence electrons. The van der Waals surface area contributed by atoms with Gasteiger partial charge in [-0.2, -0.15) is 0 Å². The smallest absolute Gasteiger partial charge is 0.290 e. The molecule has 4 atom stereocenters. The lowest BCUT2D eigenvalue weighted by molar-refractivity contribution is -0.123. The summed E-state index contributed by atoms with van der Waals surface area (Å²) in [5.74, 6) is -7.66. The van der Waals surface area contributed by atoms with Gasteiger partial charge in [-0.15, -0.1) is 0 Å². The third-order valence-electron chi connectivity index (χ3n) is 4.37. The molecule has 0 fully saturated rings. The summed E-state index contributed by atoms with van der Waals surface area (Å²) < 4.78 is 0. The fraction of sp³-hybridized carbons (Fsp3) is 0.684. The molecule has 0 aliphatic rings. The molecular weight excluding hydrogens is 448 g/mol. The van der Waals surface area contributed by atoms with Crippen LogP contribution in [0.5, 0.6) is 0 Å². The molecule has 0 aromatic heterocycles. The number of hydrogen-bond donors (Lipinski definition) is 12. The second-order valence-corrected chi connectivity index (χ2v) is 8.71. The first-order chi connectivity index (χ1) is 14.9. The Labute approximate surface area is 189 Å². The molecule has 0 saturated heterocycles. The largest absolute Gasteiger partial charge is 0.506 e. The molecule has 0 bridgehead atoms. The standard InChI is InChI=1S/C19H34N2O12/c1-18(2,20-16(32)14(30)12(28)10(26)8(24)5-22)7-19(3,4)21-17(33)15(31)13(29)11(27)9(25)6-23/h8-11,22-31H,5-7H2,1-4H3,(H,20,32)(H,21,33)/b14-12+,15-13+. The molecule has 0 aliphatic heterocycles. The van der Waals surface area contributed by atoms with E-state index in [4.69, 9.17) is 10.2 Å². The monoisotopic (exact) mass is 482 g/mol. The molecule has 14 nitrogen and oxygen atoms in total. The van der Waals surface area contributed by atoms with Crippen LogP contribution >= 0.6 is 0 Å². The van der Waals surface area contributed by atoms with Crippen molar-refractivity contribution in [3.05, 3.63) is 23.0 Å². The SMILES string of the molecule is CC(C)(CC(C)(C)NC(=O)/C(O)=C(\O)C(O)C(O)CO)NC(=O)/C(O)=C(\O)C(O)C(O)CO. The summed E-state index contributed by atoms with van der Waals surface area (Å²) in [5.41, 5.74) is -2.40. The minimum absolute atomic E-state index is 0.0663. The van der Waals surface area contributed by atoms with Crippen LogP contribution in [0.25, 0.3) is 0 Å². The van der Waals surface area contributed by atoms with Crippen molar-refractivity contribution in [2.75, 3.05) is 13.2 Å². The lowest BCUT2D eigenvalue weighted by Gasteiger charge is -2.36. The molecule has 14 heteroatoms. The first kappa shape index (κ1) is 30.4. The van der Waals surface area contributed by atoms with E-state index in [0.717, 1.165) is 0 Å². The third-order valence-corrected chi connectivity index (χ3v) is 4.37. The lowest BCUT2D eigenvalue weighted by Crippen LogP contribution is -2.54. The molecule has 0 radical (unpaired) electrons. The van der Waals surface area contributed by atoms with Crippen molar-refractivity contribution in [1.29, 1.82) is 0 Å². The van der Waals surface area contributed by atoms with Crippen LogP contribution in [0.1, 0.15) is 34.1 Å². The molecule has 0 aromatic carbocycles. The molecule has 0 saturated carbocycles. The predicted molar refractivity (Wildman–Crippen MR) is 112 cm³/mol. The number of aliphatic hydroxyl groups is 10. The Morgan fingerprint density at radius 2 is 0.939 bits per heavy atom. The summed E-state index contributed by atoms with van der Waals surface area (Å²) in [7, 11) is 0. The van der Waals surface area contributed by atoms with Crippen molar-refractivity contribution < 1.29 is 60.7 Å². The van der Waals surface area contributed by atoms with Crippen molar-refractivity contribution in [2.24, 2.45) is 0 Å². The Kier molecular flexibility index (Phi) is 11.1. The van der Waals surface area contributed by atoms with E-state index in [9.17, 15) is 50.4 Å². The number of hydrogen-bond acceptors (Lipinski definition) is 12. The minimum Gasteiger partial charge on any atom is -0.506 e. The molecule has 4 unspecified atom stereocenters. The van der Waals surface area contributed by atoms with E-state index in [1.54, 1.807) is 0 Å². The molecule has 0 spiro atoms. The topological polar surface area (TPSA) is 260 Å². The molecular formula is C19H34N2O12. The van der Waals surface area contributed by atoms with Crippen LogP contribution in [-0.2, 0) is 9.59 Å². The number of rotatable bonds is 12. The van der Waals surface area contributed by atoms with E-state index in [1.165, 1.54) is 27.7 Å². The van der Waals surface area contributed by atoms with Gasteiger partial charge in [-0.05, 0) is 34.1 Å². The van der Waals surface area contributed by atoms with Gasteiger partial charge in [0, 0.05) is 11.1 Å². The van der Waals surface area contributed by atoms with Gasteiger partial charge >= 0.3 is 0 Å². The van der Waals surface area contributed by atoms with Crippen LogP contribution in [0.3, 0.4) is 0 Å². The van der Waals surface area contributed by atoms with Crippen molar-refractivity contribution in [1.82, 2.24) is 10.6 Å². The predicted octanol–water partition coefficient (Wildman–Crippen LogP) is -2.75. The number of amides is 2. The Bertz CT molecular complexity index is 700. The van der Waals surface area contributed by atoms with Crippen LogP contribution in [0.15, 0.2) is 23.0 Å². The zero-order valence-electron chi connectivity index (χ0n) is 18.7. The minimum atomic E-state index is -2.12. The number of aliphatic hydroxyl groups excluding tert-OH is 10. The second-order valence-electron chi connectivity index (χ2n) is 8.71. The van der Waals surface area contributed by atoms with Gasteiger partial charge in [0.2, 0.25) is 11.5 Å². The normalized spacial score (nSPS) is 17.8. The van der Waals surface area contributed by atoms with Crippen LogP contribution in [-0.4, -0.2) is 112 Å². The van der Waals surface area contributed by atoms with E-state index in [1.807, 2.05) is 0 Å². The quantitative estimate of drug-likeness (QED) is 0.0997. The van der Waals surface area contributed by atoms with Gasteiger partial charge in [0.15, 0.2) is 11.5 Å². The van der Waals surface area contributed by atoms with Crippen molar-refractivity contribution in [3.63, 3.8) is 0 Å². The van der Waals surface area contributed by atoms with Crippen molar-refractivity contribution in [2.45, 2.75) is 69.6 Å². The summed E-state index contributed by atoms with van der Waals surface area (Å²) in [6, 6.07) is 0. The fourth-order valence-corrected chi connectivity index (χ4v) is 3.00. The molecule has 33 heavy (non-hydrogen) atoms. The van der Waals surface area contributed by atoms with Crippen molar-refractivity contribution in [3.8, 4) is 0 Å². The van der Waals surface area contributed by atoms with Crippen LogP contribution < -0.4 is 10.6 Å². The van der Waals surface area contributed by atoms with E-state index < -0.39 is 83.6 Å². The Balaban J connectivity index is 5.40. The highest BCUT2D eigenvalue weighted by atomic mass is 16.4. The molecule has 0 heterocycles. The zero-order chi connectivity index (χ0) is 26.3. The lowest BCUT2D eigenvalue weighted by atomic mass is 9.86. The molecule has 0 rings (SSSR count). The van der Waals surface area contributed by atoms with E-state index in [0.29, 0.717) is 0 Å². The summed E-state index contributed by atoms with van der Waals surface area (Å²) >= 11 is 0. The van der Waals surface area contributed by atoms with Gasteiger partial charge < -0.3 is 61.7 Å². The maximum Gasteiger partial charge on any atom is 0.290 e. The second kappa shape index (κ2) is 12.0. The summed E-state index contributed by atoms with van der Waals surface area (Å²) in [6.07, 6.45) is -8.01. The van der Waals surface area contributed by atoms with Crippen LogP contribution in [0, 0.1) is 0 Å². The van der Waals surface area contributed by atoms with Crippen molar-refractivity contribution >= 4 is 11.8 Å². The van der Waals surface area contributed by atoms with E-state index in [-0.39, 0.29) is 6.42 Å². The Hall–Kier alpha value is -2.62. The Morgan fingerprint density at radius 1 is 0.667 bits per heavy atom. The van der Waals surface area contributed by atoms with Gasteiger partial charge in [0.25, 0.3) is 11.8 Å². The number of carbonyl (C=O) groups is 2. The van der Waals surface area contributed by atoms with E-state index >= 15 is 0 Å². The molecule has 2 amide bonds. The van der Waals surface area contributed by atoms with Gasteiger partial charge in [-0.1, -0.05) is 0 Å². The van der Waals surface area contributed by atoms with Gasteiger partial charge in [0.05, 0.1) is 13.2 Å². The maximum atomic E-state index is 12.2. The number of carbonyl (C=O) groups excluding carboxylic acids is 2.